The van der Waals surface area contributed by atoms with Gasteiger partial charge in [0.25, 0.3) is 5.91 Å². The van der Waals surface area contributed by atoms with E-state index in [0.717, 1.165) is 32.1 Å². The minimum absolute atomic E-state index is 0.0430. The predicted octanol–water partition coefficient (Wildman–Crippen LogP) is 4.85. The minimum Gasteiger partial charge on any atom is -0.508 e. The summed E-state index contributed by atoms with van der Waals surface area (Å²) in [6, 6.07) is 9.39. The van der Waals surface area contributed by atoms with E-state index in [4.69, 9.17) is 0 Å². The maximum Gasteiger partial charge on any atom is 0.261 e. The number of phenolic OH excluding ortho intramolecular Hbond substituents is 1. The largest absolute Gasteiger partial charge is 0.508 e. The van der Waals surface area contributed by atoms with E-state index in [0.29, 0.717) is 16.5 Å². The van der Waals surface area contributed by atoms with Crippen molar-refractivity contribution in [3.05, 3.63) is 69.8 Å². The number of benzene rings is 2. The van der Waals surface area contributed by atoms with Gasteiger partial charge in [-0.3, -0.25) is 9.59 Å². The second-order valence-corrected chi connectivity index (χ2v) is 8.00. The molecule has 0 radical (unpaired) electrons. The van der Waals surface area contributed by atoms with Crippen molar-refractivity contribution in [1.29, 1.82) is 0 Å². The van der Waals surface area contributed by atoms with Gasteiger partial charge >= 0.3 is 0 Å². The molecule has 1 saturated carbocycles. The fraction of sp³-hybridized carbons (Fsp3) is 0.304. The number of rotatable bonds is 3. The van der Waals surface area contributed by atoms with Gasteiger partial charge in [-0.1, -0.05) is 38.3 Å². The van der Waals surface area contributed by atoms with Crippen LogP contribution in [0.15, 0.2) is 47.4 Å². The van der Waals surface area contributed by atoms with E-state index in [1.54, 1.807) is 24.3 Å². The molecule has 150 valence electrons. The fourth-order valence-electron chi connectivity index (χ4n) is 4.27. The van der Waals surface area contributed by atoms with Gasteiger partial charge in [-0.15, -0.1) is 0 Å². The molecule has 1 fully saturated rings. The van der Waals surface area contributed by atoms with E-state index in [9.17, 15) is 19.1 Å². The summed E-state index contributed by atoms with van der Waals surface area (Å²) in [6.45, 7) is 2.04. The summed E-state index contributed by atoms with van der Waals surface area (Å²) < 4.78 is 14.8. The number of aromatic amines is 1. The SMILES string of the molecule is CC1(c2cc(F)c(NC(=O)c3c[nH]c4ccccc4c3=O)cc2O)CCCCC1. The number of phenols is 1. The van der Waals surface area contributed by atoms with Crippen LogP contribution in [0.4, 0.5) is 10.1 Å². The summed E-state index contributed by atoms with van der Waals surface area (Å²) in [5, 5.41) is 13.3. The number of hydrogen-bond donors (Lipinski definition) is 3. The second-order valence-electron chi connectivity index (χ2n) is 8.00. The van der Waals surface area contributed by atoms with Gasteiger partial charge < -0.3 is 15.4 Å². The summed E-state index contributed by atoms with van der Waals surface area (Å²) >= 11 is 0. The number of carbonyl (C=O) groups is 1. The first-order valence-electron chi connectivity index (χ1n) is 9.84. The standard InChI is InChI=1S/C23H23FN2O3/c1-23(9-5-2-6-10-23)16-11-17(24)19(12-20(16)27)26-22(29)15-13-25-18-8-4-3-7-14(18)21(15)28/h3-4,7-8,11-13,27H,2,5-6,9-10H2,1H3,(H,25,28)(H,26,29). The zero-order valence-electron chi connectivity index (χ0n) is 16.2. The zero-order chi connectivity index (χ0) is 20.6. The number of fused-ring (bicyclic) bond motifs is 1. The molecular weight excluding hydrogens is 371 g/mol. The van der Waals surface area contributed by atoms with Gasteiger partial charge in [0.05, 0.1) is 5.69 Å². The van der Waals surface area contributed by atoms with Crippen LogP contribution in [0.3, 0.4) is 0 Å². The number of anilines is 1. The Hall–Kier alpha value is -3.15. The summed E-state index contributed by atoms with van der Waals surface area (Å²) in [4.78, 5) is 28.1. The van der Waals surface area contributed by atoms with Crippen LogP contribution in [0.5, 0.6) is 5.75 Å². The molecule has 2 aromatic carbocycles. The Morgan fingerprint density at radius 1 is 1.17 bits per heavy atom. The summed E-state index contributed by atoms with van der Waals surface area (Å²) in [5.74, 6) is -1.40. The van der Waals surface area contributed by atoms with Crippen molar-refractivity contribution in [1.82, 2.24) is 4.98 Å². The summed E-state index contributed by atoms with van der Waals surface area (Å²) in [7, 11) is 0. The lowest BCUT2D eigenvalue weighted by Gasteiger charge is -2.34. The van der Waals surface area contributed by atoms with Gasteiger partial charge in [-0.05, 0) is 36.5 Å². The Morgan fingerprint density at radius 2 is 1.90 bits per heavy atom. The van der Waals surface area contributed by atoms with Gasteiger partial charge in [0.1, 0.15) is 17.1 Å². The van der Waals surface area contributed by atoms with Gasteiger partial charge in [-0.2, -0.15) is 0 Å². The van der Waals surface area contributed by atoms with Crippen LogP contribution in [0, 0.1) is 5.82 Å². The number of pyridine rings is 1. The molecule has 1 heterocycles. The van der Waals surface area contributed by atoms with Gasteiger partial charge in [-0.25, -0.2) is 4.39 Å². The highest BCUT2D eigenvalue weighted by Crippen LogP contribution is 2.44. The van der Waals surface area contributed by atoms with Crippen LogP contribution in [0.1, 0.15) is 54.9 Å². The monoisotopic (exact) mass is 394 g/mol. The van der Waals surface area contributed by atoms with Crippen molar-refractivity contribution in [2.24, 2.45) is 0 Å². The first kappa shape index (κ1) is 19.2. The average Bonchev–Trinajstić information content (AvgIpc) is 2.71. The molecule has 6 heteroatoms. The van der Waals surface area contributed by atoms with Crippen LogP contribution < -0.4 is 10.7 Å². The highest BCUT2D eigenvalue weighted by molar-refractivity contribution is 6.05. The highest BCUT2D eigenvalue weighted by atomic mass is 19.1. The quantitative estimate of drug-likeness (QED) is 0.594. The van der Waals surface area contributed by atoms with Gasteiger partial charge in [0, 0.05) is 28.7 Å². The normalized spacial score (nSPS) is 15.9. The molecule has 0 aliphatic heterocycles. The lowest BCUT2D eigenvalue weighted by molar-refractivity contribution is 0.102. The minimum atomic E-state index is -0.730. The molecule has 1 aliphatic carbocycles. The Morgan fingerprint density at radius 3 is 2.66 bits per heavy atom. The Bertz CT molecular complexity index is 1150. The number of H-pyrrole nitrogens is 1. The first-order chi connectivity index (χ1) is 13.9. The Balaban J connectivity index is 1.65. The molecule has 1 aliphatic rings. The lowest BCUT2D eigenvalue weighted by Crippen LogP contribution is -2.26. The molecule has 1 amide bonds. The molecule has 1 aromatic heterocycles. The van der Waals surface area contributed by atoms with Gasteiger partial charge in [0.2, 0.25) is 5.43 Å². The lowest BCUT2D eigenvalue weighted by atomic mass is 9.70. The van der Waals surface area contributed by atoms with E-state index in [2.05, 4.69) is 10.3 Å². The van der Waals surface area contributed by atoms with E-state index in [1.165, 1.54) is 18.3 Å². The van der Waals surface area contributed by atoms with E-state index in [1.807, 2.05) is 6.92 Å². The number of aromatic nitrogens is 1. The van der Waals surface area contributed by atoms with E-state index >= 15 is 0 Å². The third-order valence-corrected chi connectivity index (χ3v) is 5.97. The molecular formula is C23H23FN2O3. The molecule has 0 spiro atoms. The van der Waals surface area contributed by atoms with Crippen LogP contribution in [-0.4, -0.2) is 16.0 Å². The van der Waals surface area contributed by atoms with Crippen LogP contribution in [0.2, 0.25) is 0 Å². The number of halogens is 1. The van der Waals surface area contributed by atoms with Crippen molar-refractivity contribution >= 4 is 22.5 Å². The maximum atomic E-state index is 14.8. The average molecular weight is 394 g/mol. The third kappa shape index (κ3) is 3.50. The molecule has 3 N–H and O–H groups in total. The highest BCUT2D eigenvalue weighted by Gasteiger charge is 2.32. The summed E-state index contributed by atoms with van der Waals surface area (Å²) in [6.07, 6.45) is 6.32. The molecule has 29 heavy (non-hydrogen) atoms. The maximum absolute atomic E-state index is 14.8. The predicted molar refractivity (Wildman–Crippen MR) is 111 cm³/mol. The summed E-state index contributed by atoms with van der Waals surface area (Å²) in [5.41, 5.74) is 0.197. The molecule has 4 rings (SSSR count). The van der Waals surface area contributed by atoms with Crippen LogP contribution in [-0.2, 0) is 5.41 Å². The van der Waals surface area contributed by atoms with E-state index < -0.39 is 17.2 Å². The Labute approximate surface area is 167 Å². The number of para-hydroxylation sites is 1. The first-order valence-corrected chi connectivity index (χ1v) is 9.84. The van der Waals surface area contributed by atoms with Crippen molar-refractivity contribution in [3.8, 4) is 5.75 Å². The van der Waals surface area contributed by atoms with Gasteiger partial charge in [0.15, 0.2) is 0 Å². The number of amides is 1. The van der Waals surface area contributed by atoms with Crippen molar-refractivity contribution in [3.63, 3.8) is 0 Å². The number of carbonyl (C=O) groups excluding carboxylic acids is 1. The number of aromatic hydroxyl groups is 1. The second kappa shape index (κ2) is 7.35. The molecule has 0 bridgehead atoms. The Kier molecular flexibility index (Phi) is 4.86. The van der Waals surface area contributed by atoms with E-state index in [-0.39, 0.29) is 22.4 Å². The molecule has 0 atom stereocenters. The number of nitrogens with one attached hydrogen (secondary N) is 2. The van der Waals surface area contributed by atoms with Crippen LogP contribution in [0.25, 0.3) is 10.9 Å². The fourth-order valence-corrected chi connectivity index (χ4v) is 4.27. The van der Waals surface area contributed by atoms with Crippen molar-refractivity contribution in [2.75, 3.05) is 5.32 Å². The smallest absolute Gasteiger partial charge is 0.261 e. The molecule has 0 unspecified atom stereocenters. The molecule has 3 aromatic rings. The van der Waals surface area contributed by atoms with Crippen LogP contribution >= 0.6 is 0 Å². The number of hydrogen-bond acceptors (Lipinski definition) is 3. The topological polar surface area (TPSA) is 82.2 Å². The molecule has 5 nitrogen and oxygen atoms in total. The van der Waals surface area contributed by atoms with Crippen molar-refractivity contribution in [2.45, 2.75) is 44.4 Å². The zero-order valence-corrected chi connectivity index (χ0v) is 16.2. The third-order valence-electron chi connectivity index (χ3n) is 5.97. The van der Waals surface area contributed by atoms with Crippen molar-refractivity contribution < 1.29 is 14.3 Å². The molecule has 0 saturated heterocycles.